The molecule has 2 amide bonds. The minimum atomic E-state index is -0.466. The van der Waals surface area contributed by atoms with Gasteiger partial charge in [-0.2, -0.15) is 0 Å². The van der Waals surface area contributed by atoms with Crippen molar-refractivity contribution in [1.82, 2.24) is 5.32 Å². The van der Waals surface area contributed by atoms with E-state index < -0.39 is 11.8 Å². The van der Waals surface area contributed by atoms with Crippen LogP contribution in [0.4, 0.5) is 11.4 Å². The molecular weight excluding hydrogens is 585 g/mol. The number of furan rings is 2. The number of nitrogens with one attached hydrogen (secondary N) is 3. The van der Waals surface area contributed by atoms with Gasteiger partial charge in [0, 0.05) is 33.8 Å². The molecule has 41 heavy (non-hydrogen) atoms. The first kappa shape index (κ1) is 28.0. The van der Waals surface area contributed by atoms with E-state index in [9.17, 15) is 9.59 Å². The summed E-state index contributed by atoms with van der Waals surface area (Å²) >= 11 is 17.4. The third-order valence-electron chi connectivity index (χ3n) is 5.82. The molecule has 8 nitrogen and oxygen atoms in total. The van der Waals surface area contributed by atoms with E-state index in [1.807, 2.05) is 18.2 Å². The summed E-state index contributed by atoms with van der Waals surface area (Å²) in [4.78, 5) is 25.1. The fraction of sp³-hybridized carbons (Fsp3) is 0.0333. The van der Waals surface area contributed by atoms with Crippen LogP contribution < -0.4 is 20.7 Å². The number of amides is 2. The molecule has 3 aromatic carbocycles. The maximum atomic E-state index is 12.7. The summed E-state index contributed by atoms with van der Waals surface area (Å²) in [5.41, 5.74) is 2.26. The Morgan fingerprint density at radius 2 is 1.76 bits per heavy atom. The van der Waals surface area contributed by atoms with E-state index in [2.05, 4.69) is 16.0 Å². The number of carbonyl (C=O) groups excluding carboxylic acids is 2. The highest BCUT2D eigenvalue weighted by atomic mass is 35.5. The molecule has 0 saturated heterocycles. The Morgan fingerprint density at radius 3 is 2.54 bits per heavy atom. The Hall–Kier alpha value is -4.57. The van der Waals surface area contributed by atoms with E-state index in [1.54, 1.807) is 60.7 Å². The summed E-state index contributed by atoms with van der Waals surface area (Å²) in [6, 6.07) is 22.5. The number of hydrogen-bond donors (Lipinski definition) is 3. The average Bonchev–Trinajstić information content (AvgIpc) is 3.60. The smallest absolute Gasteiger partial charge is 0.291 e. The molecule has 0 fully saturated rings. The number of rotatable bonds is 7. The molecule has 2 heterocycles. The monoisotopic (exact) mass is 605 g/mol. The molecule has 0 radical (unpaired) electrons. The molecule has 2 aromatic heterocycles. The number of ether oxygens (including phenoxy) is 1. The van der Waals surface area contributed by atoms with Crippen molar-refractivity contribution in [3.05, 3.63) is 107 Å². The van der Waals surface area contributed by atoms with Gasteiger partial charge in [0.2, 0.25) is 5.91 Å². The van der Waals surface area contributed by atoms with Gasteiger partial charge in [0.1, 0.15) is 22.9 Å². The van der Waals surface area contributed by atoms with Crippen LogP contribution in [0.5, 0.6) is 5.75 Å². The molecule has 11 heteroatoms. The van der Waals surface area contributed by atoms with Crippen molar-refractivity contribution in [2.45, 2.75) is 0 Å². The number of para-hydroxylation sites is 1. The number of fused-ring (bicyclic) bond motifs is 1. The first-order valence-electron chi connectivity index (χ1n) is 12.1. The van der Waals surface area contributed by atoms with Crippen LogP contribution >= 0.6 is 35.4 Å². The fourth-order valence-electron chi connectivity index (χ4n) is 3.90. The zero-order valence-electron chi connectivity index (χ0n) is 21.4. The van der Waals surface area contributed by atoms with Crippen molar-refractivity contribution in [2.24, 2.45) is 0 Å². The van der Waals surface area contributed by atoms with Gasteiger partial charge < -0.3 is 24.2 Å². The lowest BCUT2D eigenvalue weighted by Crippen LogP contribution is -2.32. The van der Waals surface area contributed by atoms with Crippen molar-refractivity contribution >= 4 is 80.8 Å². The van der Waals surface area contributed by atoms with Crippen molar-refractivity contribution in [1.29, 1.82) is 0 Å². The van der Waals surface area contributed by atoms with Crippen LogP contribution in [0.1, 0.15) is 16.3 Å². The highest BCUT2D eigenvalue weighted by Gasteiger charge is 2.15. The minimum Gasteiger partial charge on any atom is -0.494 e. The van der Waals surface area contributed by atoms with Crippen LogP contribution in [0.25, 0.3) is 28.4 Å². The highest BCUT2D eigenvalue weighted by Crippen LogP contribution is 2.32. The Bertz CT molecular complexity index is 1780. The van der Waals surface area contributed by atoms with Crippen LogP contribution in [0, 0.1) is 0 Å². The van der Waals surface area contributed by atoms with Crippen molar-refractivity contribution < 1.29 is 23.2 Å². The van der Waals surface area contributed by atoms with Gasteiger partial charge in [0.25, 0.3) is 5.91 Å². The van der Waals surface area contributed by atoms with Crippen molar-refractivity contribution in [2.75, 3.05) is 17.7 Å². The summed E-state index contributed by atoms with van der Waals surface area (Å²) in [6.07, 6.45) is 2.80. The summed E-state index contributed by atoms with van der Waals surface area (Å²) in [7, 11) is 1.47. The standard InChI is InChI=1S/C30H21Cl2N3O5S/c1-38-26-16-19(7-11-23(26)34-29(37)27-14-17-4-2-3-5-24(17)40-27)33-30(41)35-28(36)13-9-20-8-12-25(39-20)21-10-6-18(31)15-22(21)32/h2-16H,1H3,(H,34,37)(H2,33,35,36,41)/b13-9+. The largest absolute Gasteiger partial charge is 0.494 e. The van der Waals surface area contributed by atoms with E-state index in [1.165, 1.54) is 19.3 Å². The van der Waals surface area contributed by atoms with Gasteiger partial charge >= 0.3 is 0 Å². The zero-order valence-corrected chi connectivity index (χ0v) is 23.7. The minimum absolute atomic E-state index is 0.0637. The Labute approximate surface area is 249 Å². The van der Waals surface area contributed by atoms with Crippen molar-refractivity contribution in [3.63, 3.8) is 0 Å². The van der Waals surface area contributed by atoms with Gasteiger partial charge in [-0.25, -0.2) is 0 Å². The van der Waals surface area contributed by atoms with Gasteiger partial charge in [0.15, 0.2) is 10.9 Å². The number of methoxy groups -OCH3 is 1. The number of hydrogen-bond acceptors (Lipinski definition) is 6. The highest BCUT2D eigenvalue weighted by molar-refractivity contribution is 7.80. The number of thiocarbonyl (C=S) groups is 1. The van der Waals surface area contributed by atoms with Crippen LogP contribution in [-0.4, -0.2) is 24.0 Å². The Balaban J connectivity index is 1.17. The third-order valence-corrected chi connectivity index (χ3v) is 6.57. The van der Waals surface area contributed by atoms with Gasteiger partial charge in [-0.3, -0.25) is 14.9 Å². The Kier molecular flexibility index (Phi) is 8.39. The maximum absolute atomic E-state index is 12.7. The average molecular weight is 606 g/mol. The quantitative estimate of drug-likeness (QED) is 0.128. The lowest BCUT2D eigenvalue weighted by molar-refractivity contribution is -0.115. The van der Waals surface area contributed by atoms with Crippen LogP contribution in [0.3, 0.4) is 0 Å². The molecule has 5 rings (SSSR count). The molecule has 0 aliphatic rings. The third kappa shape index (κ3) is 6.78. The van der Waals surface area contributed by atoms with E-state index in [0.717, 1.165) is 5.39 Å². The fourth-order valence-corrected chi connectivity index (χ4v) is 4.62. The molecule has 0 bridgehead atoms. The molecule has 0 atom stereocenters. The molecular formula is C30H21Cl2N3O5S. The van der Waals surface area contributed by atoms with E-state index >= 15 is 0 Å². The van der Waals surface area contributed by atoms with Gasteiger partial charge in [0.05, 0.1) is 17.8 Å². The number of anilines is 2. The molecule has 0 unspecified atom stereocenters. The van der Waals surface area contributed by atoms with Crippen LogP contribution in [-0.2, 0) is 4.79 Å². The molecule has 0 saturated carbocycles. The Morgan fingerprint density at radius 1 is 0.927 bits per heavy atom. The summed E-state index contributed by atoms with van der Waals surface area (Å²) in [6.45, 7) is 0. The SMILES string of the molecule is COc1cc(NC(=S)NC(=O)/C=C/c2ccc(-c3ccc(Cl)cc3Cl)o2)ccc1NC(=O)c1cc2ccccc2o1. The molecule has 5 aromatic rings. The van der Waals surface area contributed by atoms with Gasteiger partial charge in [-0.05, 0) is 72.9 Å². The van der Waals surface area contributed by atoms with Crippen molar-refractivity contribution in [3.8, 4) is 17.1 Å². The molecule has 0 aliphatic carbocycles. The molecule has 0 spiro atoms. The normalized spacial score (nSPS) is 11.0. The van der Waals surface area contributed by atoms with Gasteiger partial charge in [-0.1, -0.05) is 41.4 Å². The van der Waals surface area contributed by atoms with Gasteiger partial charge in [-0.15, -0.1) is 0 Å². The number of halogens is 2. The van der Waals surface area contributed by atoms with E-state index in [-0.39, 0.29) is 10.9 Å². The predicted molar refractivity (Wildman–Crippen MR) is 165 cm³/mol. The summed E-state index contributed by atoms with van der Waals surface area (Å²) < 4.78 is 16.8. The number of carbonyl (C=O) groups is 2. The first-order valence-corrected chi connectivity index (χ1v) is 13.3. The second-order valence-corrected chi connectivity index (χ2v) is 9.87. The maximum Gasteiger partial charge on any atom is 0.291 e. The summed E-state index contributed by atoms with van der Waals surface area (Å²) in [5, 5.41) is 10.1. The van der Waals surface area contributed by atoms with Crippen LogP contribution in [0.2, 0.25) is 10.0 Å². The first-order chi connectivity index (χ1) is 19.8. The predicted octanol–water partition coefficient (Wildman–Crippen LogP) is 7.79. The lowest BCUT2D eigenvalue weighted by Gasteiger charge is -2.13. The zero-order chi connectivity index (χ0) is 28.9. The lowest BCUT2D eigenvalue weighted by atomic mass is 10.2. The molecule has 206 valence electrons. The molecule has 0 aliphatic heterocycles. The topological polar surface area (TPSA) is 106 Å². The summed E-state index contributed by atoms with van der Waals surface area (Å²) in [5.74, 6) is 0.649. The van der Waals surface area contributed by atoms with E-state index in [0.29, 0.717) is 49.8 Å². The van der Waals surface area contributed by atoms with Crippen LogP contribution in [0.15, 0.2) is 93.8 Å². The number of benzene rings is 3. The molecule has 3 N–H and O–H groups in total. The van der Waals surface area contributed by atoms with E-state index in [4.69, 9.17) is 49.0 Å². The second kappa shape index (κ2) is 12.3. The second-order valence-electron chi connectivity index (χ2n) is 8.62.